The molecule has 2 amide bonds. The molecule has 25 heavy (non-hydrogen) atoms. The van der Waals surface area contributed by atoms with Crippen molar-refractivity contribution < 1.29 is 14.3 Å². The highest BCUT2D eigenvalue weighted by atomic mass is 35.5. The Labute approximate surface area is 153 Å². The second kappa shape index (κ2) is 8.56. The molecule has 6 heteroatoms. The van der Waals surface area contributed by atoms with Crippen molar-refractivity contribution in [2.45, 2.75) is 38.3 Å². The quantitative estimate of drug-likeness (QED) is 0.728. The summed E-state index contributed by atoms with van der Waals surface area (Å²) in [5, 5.41) is 0. The van der Waals surface area contributed by atoms with E-state index in [1.807, 2.05) is 40.1 Å². The molecule has 0 radical (unpaired) electrons. The van der Waals surface area contributed by atoms with Crippen LogP contribution >= 0.6 is 11.6 Å². The van der Waals surface area contributed by atoms with E-state index in [2.05, 4.69) is 0 Å². The second-order valence-electron chi connectivity index (χ2n) is 6.88. The van der Waals surface area contributed by atoms with Gasteiger partial charge in [0, 0.05) is 25.7 Å². The molecule has 2 aliphatic rings. The first-order chi connectivity index (χ1) is 12.2. The number of ether oxygens (including phenoxy) is 1. The molecule has 1 heterocycles. The number of rotatable bonds is 6. The smallest absolute Gasteiger partial charge is 0.410 e. The number of likely N-dealkylation sites (tertiary alicyclic amines) is 1. The van der Waals surface area contributed by atoms with Crippen molar-refractivity contribution in [1.82, 2.24) is 9.80 Å². The zero-order valence-electron chi connectivity index (χ0n) is 14.4. The van der Waals surface area contributed by atoms with E-state index in [-0.39, 0.29) is 17.9 Å². The number of carbonyl (C=O) groups excluding carboxylic acids is 2. The predicted octanol–water partition coefficient (Wildman–Crippen LogP) is 3.27. The Kier molecular flexibility index (Phi) is 6.19. The van der Waals surface area contributed by atoms with E-state index in [0.717, 1.165) is 50.9 Å². The van der Waals surface area contributed by atoms with Crippen LogP contribution in [0.1, 0.15) is 31.2 Å². The van der Waals surface area contributed by atoms with Gasteiger partial charge in [-0.3, -0.25) is 4.79 Å². The fourth-order valence-electron chi connectivity index (χ4n) is 3.29. The Morgan fingerprint density at radius 3 is 2.40 bits per heavy atom. The molecule has 0 unspecified atom stereocenters. The Bertz CT molecular complexity index is 584. The zero-order chi connectivity index (χ0) is 17.6. The molecule has 1 saturated carbocycles. The van der Waals surface area contributed by atoms with Crippen molar-refractivity contribution in [3.05, 3.63) is 35.9 Å². The summed E-state index contributed by atoms with van der Waals surface area (Å²) in [5.74, 6) is 0.468. The maximum atomic E-state index is 12.5. The molecule has 0 atom stereocenters. The minimum absolute atomic E-state index is 0.00133. The van der Waals surface area contributed by atoms with Crippen LogP contribution in [-0.4, -0.2) is 53.4 Å². The van der Waals surface area contributed by atoms with Gasteiger partial charge in [0.1, 0.15) is 12.5 Å². The number of hydrogen-bond acceptors (Lipinski definition) is 3. The summed E-state index contributed by atoms with van der Waals surface area (Å²) in [4.78, 5) is 27.9. The van der Waals surface area contributed by atoms with Gasteiger partial charge in [-0.25, -0.2) is 4.79 Å². The van der Waals surface area contributed by atoms with E-state index in [4.69, 9.17) is 16.3 Å². The van der Waals surface area contributed by atoms with Gasteiger partial charge < -0.3 is 14.5 Å². The van der Waals surface area contributed by atoms with Crippen molar-refractivity contribution in [3.8, 4) is 0 Å². The maximum absolute atomic E-state index is 12.5. The Balaban J connectivity index is 1.48. The van der Waals surface area contributed by atoms with Gasteiger partial charge in [-0.15, -0.1) is 11.6 Å². The van der Waals surface area contributed by atoms with Crippen molar-refractivity contribution in [2.75, 3.05) is 25.5 Å². The summed E-state index contributed by atoms with van der Waals surface area (Å²) >= 11 is 5.62. The molecule has 2 fully saturated rings. The Hall–Kier alpha value is -1.75. The number of hydrogen-bond donors (Lipinski definition) is 0. The van der Waals surface area contributed by atoms with Gasteiger partial charge in [-0.1, -0.05) is 30.3 Å². The molecule has 0 N–H and O–H groups in total. The fourth-order valence-corrected chi connectivity index (χ4v) is 3.46. The number of piperidine rings is 1. The van der Waals surface area contributed by atoms with Crippen molar-refractivity contribution in [1.29, 1.82) is 0 Å². The SMILES string of the molecule is O=C(CCl)N1CCC(CN(C(=O)OCc2ccccc2)C2CC2)CC1. The lowest BCUT2D eigenvalue weighted by molar-refractivity contribution is -0.129. The monoisotopic (exact) mass is 364 g/mol. The summed E-state index contributed by atoms with van der Waals surface area (Å²) < 4.78 is 5.51. The van der Waals surface area contributed by atoms with Crippen LogP contribution in [0.5, 0.6) is 0 Å². The van der Waals surface area contributed by atoms with Gasteiger partial charge in [-0.05, 0) is 37.2 Å². The predicted molar refractivity (Wildman–Crippen MR) is 96.4 cm³/mol. The molecule has 1 saturated heterocycles. The summed E-state index contributed by atoms with van der Waals surface area (Å²) in [6, 6.07) is 10.1. The van der Waals surface area contributed by atoms with Gasteiger partial charge in [0.15, 0.2) is 0 Å². The summed E-state index contributed by atoms with van der Waals surface area (Å²) in [6.45, 7) is 2.49. The highest BCUT2D eigenvalue weighted by Crippen LogP contribution is 2.30. The van der Waals surface area contributed by atoms with Crippen LogP contribution in [0, 0.1) is 5.92 Å². The van der Waals surface area contributed by atoms with Gasteiger partial charge in [-0.2, -0.15) is 0 Å². The van der Waals surface area contributed by atoms with Gasteiger partial charge >= 0.3 is 6.09 Å². The third-order valence-electron chi connectivity index (χ3n) is 4.96. The van der Waals surface area contributed by atoms with Crippen LogP contribution in [0.25, 0.3) is 0 Å². The van der Waals surface area contributed by atoms with Crippen molar-refractivity contribution in [2.24, 2.45) is 5.92 Å². The summed E-state index contributed by atoms with van der Waals surface area (Å²) in [7, 11) is 0. The molecular formula is C19H25ClN2O3. The summed E-state index contributed by atoms with van der Waals surface area (Å²) in [5.41, 5.74) is 1.000. The van der Waals surface area contributed by atoms with E-state index in [1.54, 1.807) is 0 Å². The molecule has 5 nitrogen and oxygen atoms in total. The standard InChI is InChI=1S/C19H25ClN2O3/c20-12-18(23)21-10-8-15(9-11-21)13-22(17-6-7-17)19(24)25-14-16-4-2-1-3-5-16/h1-5,15,17H,6-14H2. The van der Waals surface area contributed by atoms with E-state index < -0.39 is 0 Å². The average molecular weight is 365 g/mol. The highest BCUT2D eigenvalue weighted by Gasteiger charge is 2.36. The Morgan fingerprint density at radius 2 is 1.80 bits per heavy atom. The highest BCUT2D eigenvalue weighted by molar-refractivity contribution is 6.27. The fraction of sp³-hybridized carbons (Fsp3) is 0.579. The van der Waals surface area contributed by atoms with E-state index in [9.17, 15) is 9.59 Å². The van der Waals surface area contributed by atoms with E-state index >= 15 is 0 Å². The van der Waals surface area contributed by atoms with E-state index in [1.165, 1.54) is 0 Å². The number of alkyl halides is 1. The number of nitrogens with zero attached hydrogens (tertiary/aromatic N) is 2. The van der Waals surface area contributed by atoms with Crippen LogP contribution < -0.4 is 0 Å². The second-order valence-corrected chi connectivity index (χ2v) is 7.15. The molecule has 3 rings (SSSR count). The molecule has 1 aliphatic carbocycles. The lowest BCUT2D eigenvalue weighted by atomic mass is 9.96. The zero-order valence-corrected chi connectivity index (χ0v) is 15.2. The number of amides is 2. The molecule has 1 aromatic carbocycles. The van der Waals surface area contributed by atoms with Crippen LogP contribution in [0.3, 0.4) is 0 Å². The van der Waals surface area contributed by atoms with Crippen LogP contribution in [0.2, 0.25) is 0 Å². The van der Waals surface area contributed by atoms with Gasteiger partial charge in [0.05, 0.1) is 0 Å². The maximum Gasteiger partial charge on any atom is 0.410 e. The van der Waals surface area contributed by atoms with Gasteiger partial charge in [0.25, 0.3) is 0 Å². The molecule has 1 aliphatic heterocycles. The topological polar surface area (TPSA) is 49.9 Å². The first-order valence-electron chi connectivity index (χ1n) is 8.98. The lowest BCUT2D eigenvalue weighted by Crippen LogP contribution is -2.44. The number of halogens is 1. The molecule has 1 aromatic rings. The largest absolute Gasteiger partial charge is 0.445 e. The molecule has 0 spiro atoms. The molecule has 0 aromatic heterocycles. The summed E-state index contributed by atoms with van der Waals surface area (Å²) in [6.07, 6.45) is 3.73. The number of benzene rings is 1. The average Bonchev–Trinajstić information content (AvgIpc) is 3.50. The lowest BCUT2D eigenvalue weighted by Gasteiger charge is -2.34. The molecular weight excluding hydrogens is 340 g/mol. The minimum atomic E-state index is -0.217. The van der Waals surface area contributed by atoms with Crippen LogP contribution in [-0.2, 0) is 16.1 Å². The third kappa shape index (κ3) is 5.11. The van der Waals surface area contributed by atoms with Crippen molar-refractivity contribution >= 4 is 23.6 Å². The number of carbonyl (C=O) groups is 2. The normalized spacial score (nSPS) is 18.0. The van der Waals surface area contributed by atoms with Crippen LogP contribution in [0.4, 0.5) is 4.79 Å². The first-order valence-corrected chi connectivity index (χ1v) is 9.52. The molecule has 136 valence electrons. The third-order valence-corrected chi connectivity index (χ3v) is 5.19. The Morgan fingerprint density at radius 1 is 1.12 bits per heavy atom. The van der Waals surface area contributed by atoms with Crippen molar-refractivity contribution in [3.63, 3.8) is 0 Å². The van der Waals surface area contributed by atoms with E-state index in [0.29, 0.717) is 18.6 Å². The molecule has 0 bridgehead atoms. The minimum Gasteiger partial charge on any atom is -0.445 e. The van der Waals surface area contributed by atoms with Gasteiger partial charge in [0.2, 0.25) is 5.91 Å². The van der Waals surface area contributed by atoms with Crippen LogP contribution in [0.15, 0.2) is 30.3 Å². The first kappa shape index (κ1) is 18.1.